The van der Waals surface area contributed by atoms with Crippen LogP contribution in [-0.4, -0.2) is 0 Å². The first kappa shape index (κ1) is 14.3. The Labute approximate surface area is 134 Å². The molecule has 106 valence electrons. The third-order valence-corrected chi connectivity index (χ3v) is 5.13. The van der Waals surface area contributed by atoms with Gasteiger partial charge in [-0.1, -0.05) is 76.1 Å². The molecule has 0 spiro atoms. The summed E-state index contributed by atoms with van der Waals surface area (Å²) in [5.74, 6) is 0. The highest BCUT2D eigenvalue weighted by molar-refractivity contribution is 9.09. The van der Waals surface area contributed by atoms with Gasteiger partial charge in [0.1, 0.15) is 0 Å². The van der Waals surface area contributed by atoms with Crippen LogP contribution in [0.2, 0.25) is 0 Å². The van der Waals surface area contributed by atoms with Gasteiger partial charge in [-0.2, -0.15) is 0 Å². The van der Waals surface area contributed by atoms with Crippen molar-refractivity contribution >= 4 is 26.7 Å². The van der Waals surface area contributed by atoms with Crippen molar-refractivity contribution < 1.29 is 0 Å². The maximum atomic E-state index is 3.92. The second kappa shape index (κ2) is 5.65. The Kier molecular flexibility index (Phi) is 3.86. The van der Waals surface area contributed by atoms with Crippen molar-refractivity contribution in [2.24, 2.45) is 0 Å². The molecule has 0 heterocycles. The summed E-state index contributed by atoms with van der Waals surface area (Å²) in [5.41, 5.74) is 6.65. The van der Waals surface area contributed by atoms with Crippen LogP contribution in [0.5, 0.6) is 0 Å². The average molecular weight is 339 g/mol. The zero-order chi connectivity index (χ0) is 15.0. The number of aryl methyl sites for hydroxylation is 3. The molecule has 0 saturated carbocycles. The summed E-state index contributed by atoms with van der Waals surface area (Å²) in [7, 11) is 0. The Morgan fingerprint density at radius 1 is 0.714 bits per heavy atom. The summed E-state index contributed by atoms with van der Waals surface area (Å²) in [6.45, 7) is 6.50. The number of hydrogen-bond donors (Lipinski definition) is 0. The topological polar surface area (TPSA) is 0 Å². The Hall–Kier alpha value is -1.60. The molecule has 0 amide bonds. The average Bonchev–Trinajstić information content (AvgIpc) is 2.47. The van der Waals surface area contributed by atoms with E-state index in [2.05, 4.69) is 91.3 Å². The molecule has 1 heteroatoms. The quantitative estimate of drug-likeness (QED) is 0.484. The highest BCUT2D eigenvalue weighted by Gasteiger charge is 2.15. The van der Waals surface area contributed by atoms with Crippen LogP contribution in [0.3, 0.4) is 0 Å². The Morgan fingerprint density at radius 2 is 1.38 bits per heavy atom. The van der Waals surface area contributed by atoms with E-state index in [-0.39, 0.29) is 4.83 Å². The Balaban J connectivity index is 2.18. The molecule has 0 aliphatic carbocycles. The van der Waals surface area contributed by atoms with Crippen molar-refractivity contribution in [1.29, 1.82) is 0 Å². The van der Waals surface area contributed by atoms with Crippen LogP contribution in [0.25, 0.3) is 10.8 Å². The fraction of sp³-hybridized carbons (Fsp3) is 0.200. The van der Waals surface area contributed by atoms with Crippen LogP contribution >= 0.6 is 15.9 Å². The minimum atomic E-state index is 0.226. The predicted octanol–water partition coefficient (Wildman–Crippen LogP) is 6.25. The number of rotatable bonds is 2. The van der Waals surface area contributed by atoms with E-state index in [0.29, 0.717) is 0 Å². The maximum absolute atomic E-state index is 3.92. The van der Waals surface area contributed by atoms with Gasteiger partial charge in [0.2, 0.25) is 0 Å². The highest BCUT2D eigenvalue weighted by Crippen LogP contribution is 2.37. The number of alkyl halides is 1. The van der Waals surface area contributed by atoms with Crippen LogP contribution in [0.1, 0.15) is 32.6 Å². The van der Waals surface area contributed by atoms with Crippen molar-refractivity contribution in [2.45, 2.75) is 25.6 Å². The van der Waals surface area contributed by atoms with Gasteiger partial charge in [0.05, 0.1) is 4.83 Å². The summed E-state index contributed by atoms with van der Waals surface area (Å²) in [4.78, 5) is 0.226. The van der Waals surface area contributed by atoms with Crippen LogP contribution in [0.15, 0.2) is 54.6 Å². The molecular formula is C20H19Br. The molecule has 0 aliphatic rings. The molecule has 0 N–H and O–H groups in total. The lowest BCUT2D eigenvalue weighted by Gasteiger charge is -2.17. The lowest BCUT2D eigenvalue weighted by Crippen LogP contribution is -1.98. The van der Waals surface area contributed by atoms with E-state index in [9.17, 15) is 0 Å². The largest absolute Gasteiger partial charge is 0.0786 e. The van der Waals surface area contributed by atoms with E-state index < -0.39 is 0 Å². The SMILES string of the molecule is Cc1ccc(C(Br)c2ccc(C)c3ccccc23)c(C)c1. The van der Waals surface area contributed by atoms with E-state index in [4.69, 9.17) is 0 Å². The first-order valence-corrected chi connectivity index (χ1v) is 8.19. The van der Waals surface area contributed by atoms with Crippen LogP contribution in [0, 0.1) is 20.8 Å². The molecule has 3 aromatic rings. The third-order valence-electron chi connectivity index (χ3n) is 4.15. The lowest BCUT2D eigenvalue weighted by atomic mass is 9.93. The summed E-state index contributed by atoms with van der Waals surface area (Å²) >= 11 is 3.92. The van der Waals surface area contributed by atoms with Gasteiger partial charge in [0.15, 0.2) is 0 Å². The molecule has 1 unspecified atom stereocenters. The van der Waals surface area contributed by atoms with Crippen molar-refractivity contribution in [1.82, 2.24) is 0 Å². The second-order valence-electron chi connectivity index (χ2n) is 5.74. The van der Waals surface area contributed by atoms with Gasteiger partial charge in [-0.3, -0.25) is 0 Å². The predicted molar refractivity (Wildman–Crippen MR) is 95.4 cm³/mol. The zero-order valence-corrected chi connectivity index (χ0v) is 14.2. The highest BCUT2D eigenvalue weighted by atomic mass is 79.9. The van der Waals surface area contributed by atoms with E-state index >= 15 is 0 Å². The summed E-state index contributed by atoms with van der Waals surface area (Å²) in [5, 5.41) is 2.67. The van der Waals surface area contributed by atoms with Gasteiger partial charge in [0.25, 0.3) is 0 Å². The molecule has 1 atom stereocenters. The molecule has 0 aromatic heterocycles. The maximum Gasteiger partial charge on any atom is 0.0653 e. The van der Waals surface area contributed by atoms with Gasteiger partial charge in [-0.15, -0.1) is 0 Å². The number of fused-ring (bicyclic) bond motifs is 1. The first-order valence-electron chi connectivity index (χ1n) is 7.27. The molecule has 0 saturated heterocycles. The minimum absolute atomic E-state index is 0.226. The molecule has 0 radical (unpaired) electrons. The van der Waals surface area contributed by atoms with Gasteiger partial charge in [-0.05, 0) is 53.8 Å². The number of benzene rings is 3. The Bertz CT molecular complexity index is 802. The van der Waals surface area contributed by atoms with Gasteiger partial charge >= 0.3 is 0 Å². The molecule has 0 bridgehead atoms. The summed E-state index contributed by atoms with van der Waals surface area (Å²) in [6.07, 6.45) is 0. The van der Waals surface area contributed by atoms with Crippen molar-refractivity contribution in [3.63, 3.8) is 0 Å². The van der Waals surface area contributed by atoms with Crippen molar-refractivity contribution in [3.05, 3.63) is 82.4 Å². The fourth-order valence-corrected chi connectivity index (χ4v) is 3.88. The van der Waals surface area contributed by atoms with Crippen LogP contribution in [0.4, 0.5) is 0 Å². The van der Waals surface area contributed by atoms with Crippen LogP contribution in [-0.2, 0) is 0 Å². The fourth-order valence-electron chi connectivity index (χ4n) is 2.97. The van der Waals surface area contributed by atoms with E-state index in [0.717, 1.165) is 0 Å². The van der Waals surface area contributed by atoms with Crippen molar-refractivity contribution in [2.75, 3.05) is 0 Å². The van der Waals surface area contributed by atoms with Crippen molar-refractivity contribution in [3.8, 4) is 0 Å². The molecule has 0 fully saturated rings. The molecule has 3 rings (SSSR count). The Morgan fingerprint density at radius 3 is 2.10 bits per heavy atom. The van der Waals surface area contributed by atoms with E-state index in [1.807, 2.05) is 0 Å². The lowest BCUT2D eigenvalue weighted by molar-refractivity contribution is 1.15. The summed E-state index contributed by atoms with van der Waals surface area (Å²) < 4.78 is 0. The third kappa shape index (κ3) is 2.63. The first-order chi connectivity index (χ1) is 10.1. The van der Waals surface area contributed by atoms with Gasteiger partial charge < -0.3 is 0 Å². The monoisotopic (exact) mass is 338 g/mol. The molecular weight excluding hydrogens is 320 g/mol. The number of hydrogen-bond acceptors (Lipinski definition) is 0. The standard InChI is InChI=1S/C20H19Br/c1-13-8-10-17(15(3)12-13)20(21)19-11-9-14(2)16-6-4-5-7-18(16)19/h4-12,20H,1-3H3. The smallest absolute Gasteiger partial charge is 0.0653 e. The van der Waals surface area contributed by atoms with Gasteiger partial charge in [-0.25, -0.2) is 0 Å². The molecule has 0 aliphatic heterocycles. The molecule has 21 heavy (non-hydrogen) atoms. The summed E-state index contributed by atoms with van der Waals surface area (Å²) in [6, 6.07) is 19.8. The normalized spacial score (nSPS) is 12.6. The zero-order valence-electron chi connectivity index (χ0n) is 12.7. The molecule has 0 nitrogen and oxygen atoms in total. The number of halogens is 1. The van der Waals surface area contributed by atoms with Crippen LogP contribution < -0.4 is 0 Å². The van der Waals surface area contributed by atoms with E-state index in [1.54, 1.807) is 0 Å². The molecule has 3 aromatic carbocycles. The van der Waals surface area contributed by atoms with E-state index in [1.165, 1.54) is 38.6 Å². The van der Waals surface area contributed by atoms with Gasteiger partial charge in [0, 0.05) is 0 Å². The second-order valence-corrected chi connectivity index (χ2v) is 6.66. The minimum Gasteiger partial charge on any atom is -0.0786 e.